The topological polar surface area (TPSA) is 33.1 Å². The van der Waals surface area contributed by atoms with Crippen LogP contribution >= 0.6 is 11.3 Å². The molecule has 2 rings (SSSR count). The van der Waals surface area contributed by atoms with E-state index in [-0.39, 0.29) is 6.61 Å². The molecule has 65 valence electrons. The van der Waals surface area contributed by atoms with Gasteiger partial charge in [-0.1, -0.05) is 18.2 Å². The van der Waals surface area contributed by atoms with Crippen molar-refractivity contribution in [3.63, 3.8) is 0 Å². The molecule has 0 spiro atoms. The second-order valence-corrected chi connectivity index (χ2v) is 3.32. The average molecular weight is 190 g/mol. The monoisotopic (exact) mass is 190 g/mol. The van der Waals surface area contributed by atoms with Crippen molar-refractivity contribution in [2.75, 3.05) is 0 Å². The molecule has 0 atom stereocenters. The van der Waals surface area contributed by atoms with Crippen LogP contribution in [0.2, 0.25) is 0 Å². The van der Waals surface area contributed by atoms with Gasteiger partial charge < -0.3 is 5.11 Å². The summed E-state index contributed by atoms with van der Waals surface area (Å²) in [5, 5.41) is 11.0. The van der Waals surface area contributed by atoms with Gasteiger partial charge in [-0.2, -0.15) is 0 Å². The lowest BCUT2D eigenvalue weighted by Crippen LogP contribution is -1.88. The molecular weight excluding hydrogens is 182 g/mol. The quantitative estimate of drug-likeness (QED) is 0.786. The molecular formula is C10H8NOS. The first kappa shape index (κ1) is 8.41. The maximum atomic E-state index is 9.07. The molecule has 0 aliphatic rings. The van der Waals surface area contributed by atoms with Gasteiger partial charge in [0.15, 0.2) is 0 Å². The Morgan fingerprint density at radius 2 is 2.46 bits per heavy atom. The van der Waals surface area contributed by atoms with Gasteiger partial charge in [0.25, 0.3) is 0 Å². The van der Waals surface area contributed by atoms with Crippen molar-refractivity contribution >= 4 is 11.3 Å². The molecule has 2 nitrogen and oxygen atoms in total. The van der Waals surface area contributed by atoms with Crippen LogP contribution in [0.4, 0.5) is 0 Å². The lowest BCUT2D eigenvalue weighted by Gasteiger charge is -2.02. The third-order valence-electron chi connectivity index (χ3n) is 1.80. The first-order chi connectivity index (χ1) is 6.42. The van der Waals surface area contributed by atoms with E-state index >= 15 is 0 Å². The summed E-state index contributed by atoms with van der Waals surface area (Å²) in [7, 11) is 0. The van der Waals surface area contributed by atoms with Crippen LogP contribution in [0, 0.1) is 6.07 Å². The molecule has 1 aromatic heterocycles. The van der Waals surface area contributed by atoms with E-state index in [4.69, 9.17) is 5.11 Å². The van der Waals surface area contributed by atoms with Crippen molar-refractivity contribution in [2.24, 2.45) is 0 Å². The van der Waals surface area contributed by atoms with Crippen molar-refractivity contribution in [1.82, 2.24) is 4.98 Å². The Morgan fingerprint density at radius 3 is 3.15 bits per heavy atom. The molecule has 1 aromatic carbocycles. The third-order valence-corrected chi connectivity index (χ3v) is 2.39. The van der Waals surface area contributed by atoms with Crippen molar-refractivity contribution in [3.05, 3.63) is 40.7 Å². The molecule has 0 unspecified atom stereocenters. The third kappa shape index (κ3) is 1.61. The molecule has 1 N–H and O–H groups in total. The summed E-state index contributed by atoms with van der Waals surface area (Å²) in [5.41, 5.74) is 4.42. The highest BCUT2D eigenvalue weighted by Gasteiger charge is 2.04. The van der Waals surface area contributed by atoms with Gasteiger partial charge in [0.1, 0.15) is 0 Å². The van der Waals surface area contributed by atoms with Gasteiger partial charge in [0, 0.05) is 10.9 Å². The van der Waals surface area contributed by atoms with Crippen LogP contribution in [0.15, 0.2) is 29.1 Å². The average Bonchev–Trinajstić information content (AvgIpc) is 2.70. The molecule has 0 aliphatic heterocycles. The van der Waals surface area contributed by atoms with Crippen LogP contribution in [0.25, 0.3) is 11.3 Å². The summed E-state index contributed by atoms with van der Waals surface area (Å²) in [6, 6.07) is 8.64. The van der Waals surface area contributed by atoms with E-state index < -0.39 is 0 Å². The van der Waals surface area contributed by atoms with E-state index in [1.165, 1.54) is 0 Å². The van der Waals surface area contributed by atoms with Crippen LogP contribution in [0.5, 0.6) is 0 Å². The predicted octanol–water partition coefficient (Wildman–Crippen LogP) is 2.10. The Labute approximate surface area is 80.5 Å². The molecule has 0 fully saturated rings. The normalized spacial score (nSPS) is 10.2. The Morgan fingerprint density at radius 1 is 1.54 bits per heavy atom. The Balaban J connectivity index is 2.51. The van der Waals surface area contributed by atoms with Gasteiger partial charge in [-0.25, -0.2) is 4.98 Å². The van der Waals surface area contributed by atoms with Crippen LogP contribution in [0.1, 0.15) is 5.56 Å². The summed E-state index contributed by atoms with van der Waals surface area (Å²) >= 11 is 1.54. The fourth-order valence-electron chi connectivity index (χ4n) is 1.18. The zero-order valence-corrected chi connectivity index (χ0v) is 7.71. The number of rotatable bonds is 2. The zero-order chi connectivity index (χ0) is 9.10. The highest BCUT2D eigenvalue weighted by atomic mass is 32.1. The van der Waals surface area contributed by atoms with E-state index in [1.54, 1.807) is 16.8 Å². The highest BCUT2D eigenvalue weighted by Crippen LogP contribution is 2.22. The summed E-state index contributed by atoms with van der Waals surface area (Å²) in [4.78, 5) is 4.17. The SMILES string of the molecule is OCc1ccc[c]c1-c1cscn1. The fraction of sp³-hybridized carbons (Fsp3) is 0.100. The molecule has 0 aliphatic carbocycles. The van der Waals surface area contributed by atoms with E-state index in [0.717, 1.165) is 16.8 Å². The first-order valence-electron chi connectivity index (χ1n) is 3.91. The number of hydrogen-bond acceptors (Lipinski definition) is 3. The summed E-state index contributed by atoms with van der Waals surface area (Å²) < 4.78 is 0. The van der Waals surface area contributed by atoms with Gasteiger partial charge >= 0.3 is 0 Å². The maximum absolute atomic E-state index is 9.07. The smallest absolute Gasteiger partial charge is 0.0821 e. The first-order valence-corrected chi connectivity index (χ1v) is 4.85. The van der Waals surface area contributed by atoms with E-state index in [2.05, 4.69) is 11.1 Å². The minimum atomic E-state index is 0.0319. The molecule has 0 amide bonds. The molecule has 3 heteroatoms. The summed E-state index contributed by atoms with van der Waals surface area (Å²) in [6.45, 7) is 0.0319. The minimum absolute atomic E-state index is 0.0319. The number of aromatic nitrogens is 1. The number of aliphatic hydroxyl groups is 1. The Kier molecular flexibility index (Phi) is 2.38. The fourth-order valence-corrected chi connectivity index (χ4v) is 1.72. The summed E-state index contributed by atoms with van der Waals surface area (Å²) in [6.07, 6.45) is 0. The second kappa shape index (κ2) is 3.68. The molecule has 0 saturated carbocycles. The highest BCUT2D eigenvalue weighted by molar-refractivity contribution is 7.07. The Bertz CT molecular complexity index is 384. The molecule has 1 heterocycles. The molecule has 13 heavy (non-hydrogen) atoms. The van der Waals surface area contributed by atoms with Gasteiger partial charge in [0.05, 0.1) is 17.8 Å². The van der Waals surface area contributed by atoms with Crippen molar-refractivity contribution in [2.45, 2.75) is 6.61 Å². The van der Waals surface area contributed by atoms with Crippen LogP contribution in [0.3, 0.4) is 0 Å². The molecule has 0 saturated heterocycles. The standard InChI is InChI=1S/C10H8NOS/c12-5-8-3-1-2-4-9(8)10-6-13-7-11-10/h1-3,6-7,12H,5H2. The number of thiazole rings is 1. The van der Waals surface area contributed by atoms with Crippen molar-refractivity contribution < 1.29 is 5.11 Å². The van der Waals surface area contributed by atoms with E-state index in [1.807, 2.05) is 23.6 Å². The van der Waals surface area contributed by atoms with Gasteiger partial charge in [-0.3, -0.25) is 0 Å². The van der Waals surface area contributed by atoms with Crippen LogP contribution < -0.4 is 0 Å². The van der Waals surface area contributed by atoms with E-state index in [0.29, 0.717) is 0 Å². The number of hydrogen-bond donors (Lipinski definition) is 1. The minimum Gasteiger partial charge on any atom is -0.392 e. The predicted molar refractivity (Wildman–Crippen MR) is 52.3 cm³/mol. The molecule has 0 bridgehead atoms. The van der Waals surface area contributed by atoms with Crippen molar-refractivity contribution in [3.8, 4) is 11.3 Å². The Hall–Kier alpha value is -1.19. The number of benzene rings is 1. The summed E-state index contributed by atoms with van der Waals surface area (Å²) in [5.74, 6) is 0. The lowest BCUT2D eigenvalue weighted by atomic mass is 10.1. The number of nitrogens with zero attached hydrogens (tertiary/aromatic N) is 1. The van der Waals surface area contributed by atoms with Crippen molar-refractivity contribution in [1.29, 1.82) is 0 Å². The van der Waals surface area contributed by atoms with Crippen LogP contribution in [-0.2, 0) is 6.61 Å². The number of aliphatic hydroxyl groups excluding tert-OH is 1. The van der Waals surface area contributed by atoms with E-state index in [9.17, 15) is 0 Å². The van der Waals surface area contributed by atoms with Crippen LogP contribution in [-0.4, -0.2) is 10.1 Å². The molecule has 1 radical (unpaired) electrons. The van der Waals surface area contributed by atoms with Gasteiger partial charge in [0.2, 0.25) is 0 Å². The maximum Gasteiger partial charge on any atom is 0.0821 e. The zero-order valence-electron chi connectivity index (χ0n) is 6.90. The lowest BCUT2D eigenvalue weighted by molar-refractivity contribution is 0.282. The van der Waals surface area contributed by atoms with Gasteiger partial charge in [-0.05, 0) is 11.6 Å². The molecule has 2 aromatic rings. The van der Waals surface area contributed by atoms with Gasteiger partial charge in [-0.15, -0.1) is 11.3 Å². The second-order valence-electron chi connectivity index (χ2n) is 2.60. The largest absolute Gasteiger partial charge is 0.392 e.